The van der Waals surface area contributed by atoms with E-state index < -0.39 is 0 Å². The number of halogens is 3. The summed E-state index contributed by atoms with van der Waals surface area (Å²) in [6.45, 7) is 0. The van der Waals surface area contributed by atoms with E-state index in [4.69, 9.17) is 11.1 Å². The summed E-state index contributed by atoms with van der Waals surface area (Å²) in [7, 11) is 0. The predicted molar refractivity (Wildman–Crippen MR) is 70.1 cm³/mol. The summed E-state index contributed by atoms with van der Waals surface area (Å²) in [4.78, 5) is 0. The lowest BCUT2D eigenvalue weighted by atomic mass is 10.3. The Labute approximate surface area is 106 Å². The first-order chi connectivity index (χ1) is 6.00. The molecule has 0 aliphatic carbocycles. The van der Waals surface area contributed by atoms with Crippen LogP contribution in [0.3, 0.4) is 0 Å². The summed E-state index contributed by atoms with van der Waals surface area (Å²) < 4.78 is 2.86. The van der Waals surface area contributed by atoms with Crippen LogP contribution < -0.4 is 11.1 Å². The van der Waals surface area contributed by atoms with Crippen LogP contribution in [0.5, 0.6) is 0 Å². The fourth-order valence-corrected chi connectivity index (χ4v) is 3.68. The third-order valence-electron chi connectivity index (χ3n) is 1.27. The third kappa shape index (κ3) is 3.10. The van der Waals surface area contributed by atoms with Gasteiger partial charge in [0.2, 0.25) is 0 Å². The number of guanidine groups is 1. The van der Waals surface area contributed by atoms with Crippen LogP contribution in [0, 0.1) is 8.98 Å². The lowest BCUT2D eigenvalue weighted by Gasteiger charge is -2.09. The van der Waals surface area contributed by atoms with Gasteiger partial charge in [-0.1, -0.05) is 15.9 Å². The number of rotatable bonds is 1. The Kier molecular flexibility index (Phi) is 3.99. The van der Waals surface area contributed by atoms with Crippen LogP contribution in [0.4, 0.5) is 5.69 Å². The first-order valence-corrected chi connectivity index (χ1v) is 5.93. The Bertz CT molecular complexity index is 331. The summed E-state index contributed by atoms with van der Waals surface area (Å²) in [5, 5.41) is 9.86. The maximum atomic E-state index is 7.11. The zero-order valence-corrected chi connectivity index (χ0v) is 11.7. The van der Waals surface area contributed by atoms with Gasteiger partial charge in [0, 0.05) is 12.5 Å². The number of hydrogen-bond donors (Lipinski definition) is 3. The molecular weight excluding hydrogens is 413 g/mol. The SMILES string of the molecule is N=C(N)Nc1c(Br)cc(Br)cc1I. The third-order valence-corrected chi connectivity index (χ3v) is 3.20. The van der Waals surface area contributed by atoms with E-state index in [9.17, 15) is 0 Å². The Hall–Kier alpha value is 0.180. The summed E-state index contributed by atoms with van der Waals surface area (Å²) >= 11 is 8.91. The lowest BCUT2D eigenvalue weighted by Crippen LogP contribution is -2.21. The van der Waals surface area contributed by atoms with Crippen LogP contribution >= 0.6 is 54.5 Å². The summed E-state index contributed by atoms with van der Waals surface area (Å²) in [6.07, 6.45) is 0. The quantitative estimate of drug-likeness (QED) is 0.373. The van der Waals surface area contributed by atoms with Crippen LogP contribution in [0.25, 0.3) is 0 Å². The number of nitrogens with two attached hydrogens (primary N) is 1. The van der Waals surface area contributed by atoms with Gasteiger partial charge in [0.1, 0.15) is 0 Å². The molecule has 1 rings (SSSR count). The molecule has 0 unspecified atom stereocenters. The molecule has 0 fully saturated rings. The maximum Gasteiger partial charge on any atom is 0.190 e. The minimum absolute atomic E-state index is 0.0686. The highest BCUT2D eigenvalue weighted by atomic mass is 127. The zero-order chi connectivity index (χ0) is 10.0. The van der Waals surface area contributed by atoms with Crippen molar-refractivity contribution < 1.29 is 0 Å². The van der Waals surface area contributed by atoms with E-state index >= 15 is 0 Å². The Morgan fingerprint density at radius 3 is 2.54 bits per heavy atom. The van der Waals surface area contributed by atoms with E-state index in [1.807, 2.05) is 12.1 Å². The zero-order valence-electron chi connectivity index (χ0n) is 6.37. The van der Waals surface area contributed by atoms with Crippen LogP contribution in [-0.2, 0) is 0 Å². The molecule has 13 heavy (non-hydrogen) atoms. The van der Waals surface area contributed by atoms with Gasteiger partial charge in [-0.05, 0) is 50.7 Å². The smallest absolute Gasteiger partial charge is 0.190 e. The molecule has 0 aromatic heterocycles. The fraction of sp³-hybridized carbons (Fsp3) is 0. The lowest BCUT2D eigenvalue weighted by molar-refractivity contribution is 1.39. The Morgan fingerprint density at radius 2 is 2.08 bits per heavy atom. The Balaban J connectivity index is 3.13. The minimum atomic E-state index is -0.0686. The summed E-state index contributed by atoms with van der Waals surface area (Å²) in [5.41, 5.74) is 6.05. The largest absolute Gasteiger partial charge is 0.370 e. The molecule has 0 radical (unpaired) electrons. The van der Waals surface area contributed by atoms with Gasteiger partial charge in [0.15, 0.2) is 5.96 Å². The van der Waals surface area contributed by atoms with Gasteiger partial charge >= 0.3 is 0 Å². The first-order valence-electron chi connectivity index (χ1n) is 3.26. The van der Waals surface area contributed by atoms with Crippen molar-refractivity contribution in [3.63, 3.8) is 0 Å². The highest BCUT2D eigenvalue weighted by Crippen LogP contribution is 2.31. The second kappa shape index (κ2) is 4.61. The number of benzene rings is 1. The van der Waals surface area contributed by atoms with Gasteiger partial charge in [-0.2, -0.15) is 0 Å². The van der Waals surface area contributed by atoms with Crippen molar-refractivity contribution in [2.75, 3.05) is 5.32 Å². The molecular formula is C7H6Br2IN3. The molecule has 0 bridgehead atoms. The van der Waals surface area contributed by atoms with Gasteiger partial charge in [-0.15, -0.1) is 0 Å². The molecule has 70 valence electrons. The molecule has 0 aliphatic heterocycles. The summed E-state index contributed by atoms with van der Waals surface area (Å²) in [6, 6.07) is 3.84. The monoisotopic (exact) mass is 417 g/mol. The molecule has 0 saturated heterocycles. The van der Waals surface area contributed by atoms with Crippen LogP contribution in [-0.4, -0.2) is 5.96 Å². The van der Waals surface area contributed by atoms with Gasteiger partial charge in [-0.25, -0.2) is 0 Å². The van der Waals surface area contributed by atoms with Crippen molar-refractivity contribution in [3.8, 4) is 0 Å². The van der Waals surface area contributed by atoms with E-state index in [2.05, 4.69) is 59.8 Å². The molecule has 0 spiro atoms. The Morgan fingerprint density at radius 1 is 1.46 bits per heavy atom. The van der Waals surface area contributed by atoms with Crippen LogP contribution in [0.1, 0.15) is 0 Å². The molecule has 4 N–H and O–H groups in total. The number of anilines is 1. The van der Waals surface area contributed by atoms with E-state index in [0.717, 1.165) is 18.2 Å². The van der Waals surface area contributed by atoms with E-state index in [-0.39, 0.29) is 5.96 Å². The van der Waals surface area contributed by atoms with Crippen LogP contribution in [0.15, 0.2) is 21.1 Å². The highest BCUT2D eigenvalue weighted by Gasteiger charge is 2.06. The number of hydrogen-bond acceptors (Lipinski definition) is 1. The normalized spacial score (nSPS) is 9.77. The van der Waals surface area contributed by atoms with Crippen molar-refractivity contribution in [2.45, 2.75) is 0 Å². The molecule has 0 heterocycles. The van der Waals surface area contributed by atoms with Crippen molar-refractivity contribution in [1.82, 2.24) is 0 Å². The average molecular weight is 419 g/mol. The molecule has 0 aliphatic rings. The predicted octanol–water partition coefficient (Wildman–Crippen LogP) is 3.12. The molecule has 0 saturated carbocycles. The van der Waals surface area contributed by atoms with Crippen molar-refractivity contribution in [3.05, 3.63) is 24.6 Å². The average Bonchev–Trinajstić information content (AvgIpc) is 1.96. The standard InChI is InChI=1S/C7H6Br2IN3/c8-3-1-4(9)6(5(10)2-3)13-7(11)12/h1-2H,(H4,11,12,13). The molecule has 0 amide bonds. The molecule has 0 atom stereocenters. The van der Waals surface area contributed by atoms with Crippen molar-refractivity contribution in [1.29, 1.82) is 5.41 Å². The van der Waals surface area contributed by atoms with Crippen molar-refractivity contribution >= 4 is 66.1 Å². The molecule has 6 heteroatoms. The second-order valence-corrected chi connectivity index (χ2v) is 5.22. The molecule has 3 nitrogen and oxygen atoms in total. The minimum Gasteiger partial charge on any atom is -0.370 e. The summed E-state index contributed by atoms with van der Waals surface area (Å²) in [5.74, 6) is -0.0686. The highest BCUT2D eigenvalue weighted by molar-refractivity contribution is 14.1. The first kappa shape index (κ1) is 11.3. The maximum absolute atomic E-state index is 7.11. The molecule has 1 aromatic carbocycles. The molecule has 1 aromatic rings. The topological polar surface area (TPSA) is 61.9 Å². The fourth-order valence-electron chi connectivity index (χ4n) is 0.796. The van der Waals surface area contributed by atoms with Crippen molar-refractivity contribution in [2.24, 2.45) is 5.73 Å². The van der Waals surface area contributed by atoms with E-state index in [0.29, 0.717) is 0 Å². The van der Waals surface area contributed by atoms with E-state index in [1.165, 1.54) is 0 Å². The van der Waals surface area contributed by atoms with E-state index in [1.54, 1.807) is 0 Å². The van der Waals surface area contributed by atoms with Gasteiger partial charge in [0.25, 0.3) is 0 Å². The number of nitrogens with one attached hydrogen (secondary N) is 2. The van der Waals surface area contributed by atoms with Gasteiger partial charge in [-0.3, -0.25) is 5.41 Å². The van der Waals surface area contributed by atoms with Crippen LogP contribution in [0.2, 0.25) is 0 Å². The van der Waals surface area contributed by atoms with Gasteiger partial charge < -0.3 is 11.1 Å². The van der Waals surface area contributed by atoms with Gasteiger partial charge in [0.05, 0.1) is 5.69 Å². The second-order valence-electron chi connectivity index (χ2n) is 2.28.